The number of nitrogens with zero attached hydrogens (tertiary/aromatic N) is 6. The summed E-state index contributed by atoms with van der Waals surface area (Å²) in [4.78, 5) is 24.0. The molecule has 11 heteroatoms. The van der Waals surface area contributed by atoms with E-state index < -0.39 is 17.0 Å². The van der Waals surface area contributed by atoms with Crippen LogP contribution in [0, 0.1) is 23.5 Å². The van der Waals surface area contributed by atoms with Gasteiger partial charge in [-0.3, -0.25) is 19.4 Å². The van der Waals surface area contributed by atoms with Gasteiger partial charge in [-0.15, -0.1) is 0 Å². The molecular formula is C41H55F2N7O2. The Bertz CT molecular complexity index is 1670. The van der Waals surface area contributed by atoms with E-state index in [9.17, 15) is 9.18 Å². The quantitative estimate of drug-likeness (QED) is 0.164. The molecule has 2 unspecified atom stereocenters. The summed E-state index contributed by atoms with van der Waals surface area (Å²) in [6.45, 7) is 11.7. The van der Waals surface area contributed by atoms with E-state index in [1.807, 2.05) is 12.1 Å². The zero-order valence-corrected chi connectivity index (χ0v) is 31.3. The van der Waals surface area contributed by atoms with Crippen molar-refractivity contribution < 1.29 is 18.3 Å². The Morgan fingerprint density at radius 1 is 1.17 bits per heavy atom. The summed E-state index contributed by atoms with van der Waals surface area (Å²) in [7, 11) is 1.65. The number of hydrogen-bond acceptors (Lipinski definition) is 7. The first-order chi connectivity index (χ1) is 25.1. The van der Waals surface area contributed by atoms with Crippen LogP contribution in [0.2, 0.25) is 0 Å². The van der Waals surface area contributed by atoms with E-state index in [-0.39, 0.29) is 12.0 Å². The minimum Gasteiger partial charge on any atom is -0.377 e. The highest BCUT2D eigenvalue weighted by atomic mass is 19.1. The molecule has 1 amide bonds. The van der Waals surface area contributed by atoms with Gasteiger partial charge in [0.1, 0.15) is 24.3 Å². The molecule has 280 valence electrons. The van der Waals surface area contributed by atoms with Crippen molar-refractivity contribution in [3.63, 3.8) is 0 Å². The summed E-state index contributed by atoms with van der Waals surface area (Å²) >= 11 is 0. The molecule has 3 aliphatic rings. The molecule has 52 heavy (non-hydrogen) atoms. The fourth-order valence-corrected chi connectivity index (χ4v) is 7.32. The maximum absolute atomic E-state index is 15.1. The van der Waals surface area contributed by atoms with Crippen molar-refractivity contribution in [2.75, 3.05) is 43.1 Å². The van der Waals surface area contributed by atoms with Gasteiger partial charge in [0.25, 0.3) is 0 Å². The van der Waals surface area contributed by atoms with Crippen molar-refractivity contribution in [1.82, 2.24) is 20.1 Å². The number of nitrogens with one attached hydrogen (secondary N) is 1. The van der Waals surface area contributed by atoms with Crippen molar-refractivity contribution in [3.8, 4) is 0 Å². The highest BCUT2D eigenvalue weighted by Gasteiger charge is 2.44. The van der Waals surface area contributed by atoms with Gasteiger partial charge < -0.3 is 15.0 Å². The number of halogens is 2. The van der Waals surface area contributed by atoms with E-state index in [0.29, 0.717) is 37.1 Å². The molecule has 0 spiro atoms. The zero-order valence-electron chi connectivity index (χ0n) is 31.3. The maximum atomic E-state index is 15.1. The minimum absolute atomic E-state index is 0.0588. The largest absolute Gasteiger partial charge is 0.377 e. The number of aliphatic imine (C=N–C) groups is 1. The van der Waals surface area contributed by atoms with Crippen molar-refractivity contribution in [2.24, 2.45) is 16.8 Å². The highest BCUT2D eigenvalue weighted by Crippen LogP contribution is 2.41. The first kappa shape index (κ1) is 39.0. The van der Waals surface area contributed by atoms with Crippen LogP contribution < -0.4 is 15.1 Å². The van der Waals surface area contributed by atoms with Crippen molar-refractivity contribution in [2.45, 2.75) is 90.3 Å². The van der Waals surface area contributed by atoms with E-state index in [2.05, 4.69) is 76.4 Å². The van der Waals surface area contributed by atoms with Crippen molar-refractivity contribution in [1.29, 1.82) is 0 Å². The lowest BCUT2D eigenvalue weighted by Crippen LogP contribution is -2.45. The average Bonchev–Trinajstić information content (AvgIpc) is 3.80. The molecule has 1 aromatic heterocycles. The van der Waals surface area contributed by atoms with Gasteiger partial charge in [0.2, 0.25) is 5.91 Å². The zero-order chi connectivity index (χ0) is 37.1. The number of allylic oxidation sites excluding steroid dienone is 2. The lowest BCUT2D eigenvalue weighted by atomic mass is 9.77. The molecule has 9 nitrogen and oxygen atoms in total. The maximum Gasteiger partial charge on any atom is 0.229 e. The van der Waals surface area contributed by atoms with Gasteiger partial charge in [0.15, 0.2) is 0 Å². The number of ether oxygens (including phenoxy) is 1. The Hall–Kier alpha value is -4.22. The molecule has 3 aromatic rings. The topological polar surface area (TPSA) is 87.9 Å². The van der Waals surface area contributed by atoms with Crippen LogP contribution in [0.1, 0.15) is 71.8 Å². The Morgan fingerprint density at radius 2 is 1.96 bits per heavy atom. The molecule has 0 bridgehead atoms. The molecule has 0 saturated carbocycles. The molecular weight excluding hydrogens is 660 g/mol. The molecule has 4 atom stereocenters. The third-order valence-corrected chi connectivity index (χ3v) is 10.8. The Labute approximate surface area is 307 Å². The number of benzene rings is 2. The molecule has 2 aromatic carbocycles. The van der Waals surface area contributed by atoms with E-state index in [1.54, 1.807) is 29.0 Å². The normalized spacial score (nSPS) is 23.1. The van der Waals surface area contributed by atoms with Crippen LogP contribution in [0.15, 0.2) is 83.9 Å². The van der Waals surface area contributed by atoms with Crippen LogP contribution in [-0.4, -0.2) is 72.4 Å². The van der Waals surface area contributed by atoms with Crippen molar-refractivity contribution in [3.05, 3.63) is 96.1 Å². The fourth-order valence-electron chi connectivity index (χ4n) is 7.32. The third-order valence-electron chi connectivity index (χ3n) is 10.8. The Balaban J connectivity index is 0.000000803. The van der Waals surface area contributed by atoms with Gasteiger partial charge in [-0.2, -0.15) is 5.10 Å². The molecule has 1 aliphatic carbocycles. The van der Waals surface area contributed by atoms with E-state index in [1.165, 1.54) is 44.1 Å². The van der Waals surface area contributed by atoms with Gasteiger partial charge in [0, 0.05) is 62.5 Å². The minimum atomic E-state index is -0.656. The first-order valence-electron chi connectivity index (χ1n) is 18.7. The number of amides is 1. The molecule has 0 radical (unpaired) electrons. The van der Waals surface area contributed by atoms with E-state index in [4.69, 9.17) is 4.74 Å². The van der Waals surface area contributed by atoms with E-state index >= 15 is 4.39 Å². The Morgan fingerprint density at radius 3 is 2.62 bits per heavy atom. The van der Waals surface area contributed by atoms with Gasteiger partial charge in [0.05, 0.1) is 25.6 Å². The van der Waals surface area contributed by atoms with Gasteiger partial charge >= 0.3 is 0 Å². The van der Waals surface area contributed by atoms with E-state index in [0.717, 1.165) is 62.3 Å². The monoisotopic (exact) mass is 715 g/mol. The standard InChI is InChI=1S/C35H41F2N7O2.C6H14/c1-25(45)44(23-38-2)30-8-6-29(7-9-30)42-15-13-27-17-26(4-12-34(27)40-14-16-42)3-10-31-19-35(21-46-31,20-43-24-39-22-41-43)32-11-5-28(36)18-33(32)37;1-4-6(3)5-2/h4-9,11-12,17-18,22-24,27,31,34,40H,3,10,13-16,19-21H2,1-2H3;6H,4-5H2,1-3H3/t27?,31-,34?,35+;/m0./s1. The third kappa shape index (κ3) is 10.0. The molecule has 1 N–H and O–H groups in total. The number of hydrogen-bond donors (Lipinski definition) is 1. The predicted octanol–water partition coefficient (Wildman–Crippen LogP) is 7.50. The summed E-state index contributed by atoms with van der Waals surface area (Å²) in [5.74, 6) is 0.0648. The van der Waals surface area contributed by atoms with Gasteiger partial charge in [-0.25, -0.2) is 13.8 Å². The molecule has 2 saturated heterocycles. The summed E-state index contributed by atoms with van der Waals surface area (Å²) in [6, 6.07) is 12.2. The van der Waals surface area contributed by atoms with Crippen LogP contribution in [-0.2, 0) is 21.5 Å². The molecule has 6 rings (SSSR count). The summed E-state index contributed by atoms with van der Waals surface area (Å²) in [5, 5.41) is 7.97. The van der Waals surface area contributed by atoms with Crippen molar-refractivity contribution >= 4 is 23.6 Å². The smallest absolute Gasteiger partial charge is 0.229 e. The summed E-state index contributed by atoms with van der Waals surface area (Å²) < 4.78 is 36.8. The van der Waals surface area contributed by atoms with Gasteiger partial charge in [-0.05, 0) is 73.4 Å². The lowest BCUT2D eigenvalue weighted by Gasteiger charge is -2.35. The molecule has 2 fully saturated rings. The van der Waals surface area contributed by atoms with Crippen LogP contribution in [0.25, 0.3) is 0 Å². The fraction of sp³-hybridized carbons (Fsp3) is 0.512. The summed E-state index contributed by atoms with van der Waals surface area (Å²) in [6.07, 6.45) is 17.4. The van der Waals surface area contributed by atoms with Crippen LogP contribution in [0.5, 0.6) is 0 Å². The number of aromatic nitrogens is 3. The van der Waals surface area contributed by atoms with Gasteiger partial charge in [-0.1, -0.05) is 63.5 Å². The lowest BCUT2D eigenvalue weighted by molar-refractivity contribution is -0.115. The number of rotatable bonds is 11. The second-order valence-corrected chi connectivity index (χ2v) is 14.4. The highest BCUT2D eigenvalue weighted by molar-refractivity contribution is 6.07. The first-order valence-corrected chi connectivity index (χ1v) is 18.7. The van der Waals surface area contributed by atoms with Crippen LogP contribution in [0.3, 0.4) is 0 Å². The number of fused-ring (bicyclic) bond motifs is 1. The Kier molecular flexibility index (Phi) is 13.9. The van der Waals surface area contributed by atoms with Crippen LogP contribution in [0.4, 0.5) is 20.2 Å². The predicted molar refractivity (Wildman–Crippen MR) is 205 cm³/mol. The average molecular weight is 716 g/mol. The molecule has 2 aliphatic heterocycles. The second kappa shape index (κ2) is 18.5. The number of anilines is 2. The number of carbonyl (C=O) groups excluding carboxylic acids is 1. The summed E-state index contributed by atoms with van der Waals surface area (Å²) in [5.41, 5.74) is 3.00. The van der Waals surface area contributed by atoms with Crippen LogP contribution >= 0.6 is 0 Å². The molecule has 3 heterocycles. The SMILES string of the molecule is CCC(C)CC.CN=CN(C(C)=O)c1ccc(N2CCNC3C=CC(CC[C@H]4C[C@](Cn5cncn5)(c5ccc(F)cc5F)CO4)=CC3CC2)cc1. The number of carbonyl (C=O) groups is 1. The second-order valence-electron chi connectivity index (χ2n) is 14.4.